The van der Waals surface area contributed by atoms with Crippen molar-refractivity contribution in [2.24, 2.45) is 0 Å². The summed E-state index contributed by atoms with van der Waals surface area (Å²) < 4.78 is 6.82. The number of fused-ring (bicyclic) bond motifs is 11. The molecule has 149 heavy (non-hydrogen) atoms. The zero-order valence-electron chi connectivity index (χ0n) is 78.9. The fourth-order valence-electron chi connectivity index (χ4n) is 18.1. The van der Waals surface area contributed by atoms with Crippen LogP contribution in [0.2, 0.25) is 0 Å². The van der Waals surface area contributed by atoms with Gasteiger partial charge in [0.25, 0.3) is 0 Å². The van der Waals surface area contributed by atoms with Gasteiger partial charge in [-0.15, -0.1) is 34.0 Å². The van der Waals surface area contributed by atoms with Crippen LogP contribution < -0.4 is 0 Å². The molecule has 0 saturated carbocycles. The maximum atomic E-state index is 5.15. The normalized spacial score (nSPS) is 11.4. The molecule has 0 radical (unpaired) electrons. The minimum Gasteiger partial charge on any atom is -0.255 e. The first-order valence-corrected chi connectivity index (χ1v) is 50.6. The molecule has 0 amide bonds. The molecule has 698 valence electrons. The lowest BCUT2D eigenvalue weighted by Crippen LogP contribution is -2.01. The van der Waals surface area contributed by atoms with Crippen molar-refractivity contribution in [3.05, 3.63) is 456 Å². The largest absolute Gasteiger partial charge is 0.255 e. The van der Waals surface area contributed by atoms with Crippen LogP contribution in [0.1, 0.15) is 0 Å². The number of pyridine rings is 6. The lowest BCUT2D eigenvalue weighted by molar-refractivity contribution is 1.05. The molecule has 15 heterocycles. The van der Waals surface area contributed by atoms with E-state index in [0.717, 1.165) is 181 Å². The molecule has 13 aromatic carbocycles. The average Bonchev–Trinajstić information content (AvgIpc) is 1.60. The summed E-state index contributed by atoms with van der Waals surface area (Å²) in [5.41, 5.74) is 24.3. The molecule has 0 spiro atoms. The van der Waals surface area contributed by atoms with Crippen molar-refractivity contribution in [2.75, 3.05) is 0 Å². The van der Waals surface area contributed by atoms with Gasteiger partial charge >= 0.3 is 0 Å². The van der Waals surface area contributed by atoms with Gasteiger partial charge in [0, 0.05) is 162 Å². The predicted molar refractivity (Wildman–Crippen MR) is 599 cm³/mol. The van der Waals surface area contributed by atoms with E-state index in [2.05, 4.69) is 146 Å². The van der Waals surface area contributed by atoms with E-state index in [1.54, 1.807) is 46.4 Å². The summed E-state index contributed by atoms with van der Waals surface area (Å²) in [4.78, 5) is 103. The van der Waals surface area contributed by atoms with E-state index in [1.165, 1.54) is 14.1 Å². The van der Waals surface area contributed by atoms with Gasteiger partial charge in [-0.2, -0.15) is 0 Å². The SMILES string of the molecule is c1ccc(-c2ccc(-c3nc(-c4ccc(-c5nc(-c6ccccc6)c6sc7ccccc7c6n5)cc4)nc(-c4ccc(-c5ccccc5)nc4)n3)cn2)cc1.c1ccc(-c2nc(-c3ccc(-c4nc(-c5ccccn5)nc(-c5ccccn5)n4)cc3)nc3c2sc2ccccc23)cc1.c1ccc(-c2nc(-c3ccc(-c4nc(-c5cnc6ccccc6c5)nc(-c5cnc6ccccc6c5)n4)cc3)nc3c2sc2ccccc23)cc1. The molecular formula is C125H75N21S3. The second-order valence-corrected chi connectivity index (χ2v) is 38.3. The van der Waals surface area contributed by atoms with Gasteiger partial charge in [0.1, 0.15) is 11.4 Å². The van der Waals surface area contributed by atoms with E-state index < -0.39 is 0 Å². The summed E-state index contributed by atoms with van der Waals surface area (Å²) in [5, 5.41) is 5.42. The van der Waals surface area contributed by atoms with Crippen LogP contribution >= 0.6 is 34.0 Å². The highest BCUT2D eigenvalue weighted by molar-refractivity contribution is 7.27. The van der Waals surface area contributed by atoms with Crippen LogP contribution in [0.4, 0.5) is 0 Å². The Hall–Kier alpha value is -19.8. The van der Waals surface area contributed by atoms with Crippen molar-refractivity contribution < 1.29 is 0 Å². The van der Waals surface area contributed by atoms with Crippen molar-refractivity contribution >= 4 is 117 Å². The minimum atomic E-state index is 0.487. The maximum Gasteiger partial charge on any atom is 0.182 e. The molecule has 0 aliphatic rings. The number of aromatic nitrogens is 21. The van der Waals surface area contributed by atoms with Crippen molar-refractivity contribution in [3.63, 3.8) is 0 Å². The van der Waals surface area contributed by atoms with Crippen molar-refractivity contribution in [3.8, 4) is 193 Å². The second kappa shape index (κ2) is 39.5. The third kappa shape index (κ3) is 18.2. The van der Waals surface area contributed by atoms with Crippen molar-refractivity contribution in [1.82, 2.24) is 105 Å². The number of hydrogen-bond donors (Lipinski definition) is 0. The highest BCUT2D eigenvalue weighted by Gasteiger charge is 2.25. The molecule has 15 aromatic heterocycles. The van der Waals surface area contributed by atoms with Crippen LogP contribution in [0, 0.1) is 0 Å². The van der Waals surface area contributed by atoms with Gasteiger partial charge in [0.2, 0.25) is 0 Å². The smallest absolute Gasteiger partial charge is 0.182 e. The van der Waals surface area contributed by atoms with E-state index >= 15 is 0 Å². The third-order valence-corrected chi connectivity index (χ3v) is 29.1. The first kappa shape index (κ1) is 89.3. The number of benzene rings is 13. The van der Waals surface area contributed by atoms with Gasteiger partial charge in [-0.1, -0.05) is 328 Å². The maximum absolute atomic E-state index is 5.15. The summed E-state index contributed by atoms with van der Waals surface area (Å²) >= 11 is 5.19. The predicted octanol–water partition coefficient (Wildman–Crippen LogP) is 30.1. The number of para-hydroxylation sites is 2. The zero-order valence-corrected chi connectivity index (χ0v) is 81.4. The van der Waals surface area contributed by atoms with Crippen LogP contribution in [0.5, 0.6) is 0 Å². The fourth-order valence-corrected chi connectivity index (χ4v) is 21.6. The number of nitrogens with zero attached hydrogens (tertiary/aromatic N) is 21. The third-order valence-electron chi connectivity index (χ3n) is 25.6. The molecule has 0 unspecified atom stereocenters. The molecule has 21 nitrogen and oxygen atoms in total. The van der Waals surface area contributed by atoms with Gasteiger partial charge in [0.05, 0.1) is 70.2 Å². The van der Waals surface area contributed by atoms with Crippen LogP contribution in [-0.2, 0) is 0 Å². The Morgan fingerprint density at radius 3 is 0.705 bits per heavy atom. The first-order chi connectivity index (χ1) is 73.8. The molecule has 28 rings (SSSR count). The van der Waals surface area contributed by atoms with Gasteiger partial charge in [0.15, 0.2) is 69.9 Å². The Balaban J connectivity index is 0.000000114. The minimum absolute atomic E-state index is 0.487. The highest BCUT2D eigenvalue weighted by atomic mass is 32.1. The molecular weight excluding hydrogens is 1890 g/mol. The highest BCUT2D eigenvalue weighted by Crippen LogP contribution is 2.45. The standard InChI is InChI=1S/C47H29N7S.C43H25N7S.C35H21N7S/c1-4-12-30(13-5-1)38-26-24-35(28-48-38)46-52-45(53-47(54-46)36-25-27-39(49-29-36)31-14-6-2-7-15-31)34-22-20-33(21-23-34)44-50-41(32-16-8-3-9-17-32)43-42(51-44)37-18-10-11-19-40(37)55-43;1-2-10-26(11-3-1)37-39-38(33-14-6-9-17-36(33)51-39)47-40(46-37)27-18-20-28(21-19-27)41-48-42(31-22-29-12-4-7-15-34(29)44-24-31)50-43(49-41)32-23-30-13-5-8-16-35(30)45-25-32;1-2-10-22(11-3-1)29-31-30(25-12-4-5-15-28(25)43-31)39-32(38-29)23-16-18-24(19-17-23)33-40-34(26-13-6-8-20-36-26)42-35(41-33)27-14-7-9-21-37-27/h1-29H;1-25H;1-21H. The molecule has 0 N–H and O–H groups in total. The molecule has 0 bridgehead atoms. The second-order valence-electron chi connectivity index (χ2n) is 35.1. The molecule has 0 atom stereocenters. The van der Waals surface area contributed by atoms with Crippen LogP contribution in [0.15, 0.2) is 456 Å². The van der Waals surface area contributed by atoms with E-state index in [1.807, 2.05) is 322 Å². The molecule has 24 heteroatoms. The lowest BCUT2D eigenvalue weighted by atomic mass is 10.1. The quantitative estimate of drug-likeness (QED) is 0.0819. The Morgan fingerprint density at radius 1 is 0.148 bits per heavy atom. The van der Waals surface area contributed by atoms with Gasteiger partial charge in [-0.25, -0.2) is 74.8 Å². The van der Waals surface area contributed by atoms with E-state index in [0.29, 0.717) is 81.3 Å². The van der Waals surface area contributed by atoms with Gasteiger partial charge in [-0.05, 0) is 91.0 Å². The molecule has 28 aromatic rings. The Labute approximate surface area is 864 Å². The average molecular weight is 1970 g/mol. The number of rotatable bonds is 17. The van der Waals surface area contributed by atoms with E-state index in [-0.39, 0.29) is 0 Å². The summed E-state index contributed by atoms with van der Waals surface area (Å²) in [7, 11) is 0. The molecule has 0 saturated heterocycles. The Kier molecular flexibility index (Phi) is 23.7. The molecule has 0 aliphatic heterocycles. The van der Waals surface area contributed by atoms with E-state index in [4.69, 9.17) is 79.7 Å². The van der Waals surface area contributed by atoms with Crippen LogP contribution in [0.25, 0.3) is 276 Å². The monoisotopic (exact) mass is 1970 g/mol. The van der Waals surface area contributed by atoms with Gasteiger partial charge in [-0.3, -0.25) is 29.9 Å². The van der Waals surface area contributed by atoms with Crippen molar-refractivity contribution in [1.29, 1.82) is 0 Å². The number of thiophene rings is 3. The van der Waals surface area contributed by atoms with Crippen LogP contribution in [0.3, 0.4) is 0 Å². The van der Waals surface area contributed by atoms with Crippen LogP contribution in [-0.4, -0.2) is 105 Å². The Bertz CT molecular complexity index is 9610. The molecule has 0 aliphatic carbocycles. The topological polar surface area (TPSA) is 271 Å². The van der Waals surface area contributed by atoms with E-state index in [9.17, 15) is 0 Å². The van der Waals surface area contributed by atoms with Crippen molar-refractivity contribution in [2.45, 2.75) is 0 Å². The summed E-state index contributed by atoms with van der Waals surface area (Å²) in [6.45, 7) is 0. The fraction of sp³-hybridized carbons (Fsp3) is 0. The summed E-state index contributed by atoms with van der Waals surface area (Å²) in [6.07, 6.45) is 10.7. The summed E-state index contributed by atoms with van der Waals surface area (Å²) in [5.74, 6) is 6.71. The Morgan fingerprint density at radius 2 is 0.396 bits per heavy atom. The zero-order chi connectivity index (χ0) is 98.9. The first-order valence-electron chi connectivity index (χ1n) is 48.2. The molecule has 0 fully saturated rings. The summed E-state index contributed by atoms with van der Waals surface area (Å²) in [6, 6.07) is 140. The van der Waals surface area contributed by atoms with Gasteiger partial charge < -0.3 is 0 Å². The lowest BCUT2D eigenvalue weighted by Gasteiger charge is -2.10. The number of hydrogen-bond acceptors (Lipinski definition) is 24.